The Morgan fingerprint density at radius 1 is 1.40 bits per heavy atom. The third kappa shape index (κ3) is 2.69. The molecule has 0 fully saturated rings. The van der Waals surface area contributed by atoms with E-state index in [9.17, 15) is 9.18 Å². The first-order valence-electron chi connectivity index (χ1n) is 5.89. The maximum atomic E-state index is 13.9. The molecule has 104 valence electrons. The summed E-state index contributed by atoms with van der Waals surface area (Å²) in [5.74, 6) is -1.17. The normalized spacial score (nSPS) is 10.2. The summed E-state index contributed by atoms with van der Waals surface area (Å²) in [6, 6.07) is 5.89. The van der Waals surface area contributed by atoms with Crippen LogP contribution in [0.4, 0.5) is 21.5 Å². The van der Waals surface area contributed by atoms with Crippen molar-refractivity contribution < 1.29 is 13.9 Å². The number of carbonyl (C=O) groups excluding carboxylic acids is 1. The number of anilines is 3. The molecule has 1 heterocycles. The molecule has 1 aromatic carbocycles. The van der Waals surface area contributed by atoms with Gasteiger partial charge in [0.25, 0.3) is 0 Å². The molecule has 0 aliphatic heterocycles. The lowest BCUT2D eigenvalue weighted by Gasteiger charge is -2.12. The van der Waals surface area contributed by atoms with Crippen molar-refractivity contribution in [2.24, 2.45) is 0 Å². The summed E-state index contributed by atoms with van der Waals surface area (Å²) < 4.78 is 18.5. The SMILES string of the molecule is COC(=O)c1cc(Nc2cccnc2C)c(F)cc1N. The molecule has 0 radical (unpaired) electrons. The van der Waals surface area contributed by atoms with Crippen molar-refractivity contribution in [1.29, 1.82) is 0 Å². The second kappa shape index (κ2) is 5.56. The van der Waals surface area contributed by atoms with E-state index in [1.54, 1.807) is 25.3 Å². The number of nitrogen functional groups attached to an aromatic ring is 1. The number of ether oxygens (including phenoxy) is 1. The van der Waals surface area contributed by atoms with Gasteiger partial charge >= 0.3 is 5.97 Å². The van der Waals surface area contributed by atoms with E-state index < -0.39 is 11.8 Å². The van der Waals surface area contributed by atoms with Crippen molar-refractivity contribution in [2.75, 3.05) is 18.2 Å². The van der Waals surface area contributed by atoms with Crippen LogP contribution in [0, 0.1) is 12.7 Å². The third-order valence-electron chi connectivity index (χ3n) is 2.82. The van der Waals surface area contributed by atoms with Gasteiger partial charge in [-0.25, -0.2) is 9.18 Å². The molecular formula is C14H14FN3O2. The van der Waals surface area contributed by atoms with Gasteiger partial charge in [0, 0.05) is 11.9 Å². The van der Waals surface area contributed by atoms with Crippen LogP contribution in [0.1, 0.15) is 16.1 Å². The van der Waals surface area contributed by atoms with E-state index in [1.165, 1.54) is 13.2 Å². The number of nitrogens with zero attached hydrogens (tertiary/aromatic N) is 1. The number of nitrogens with two attached hydrogens (primary N) is 1. The molecule has 0 aliphatic rings. The number of aromatic nitrogens is 1. The first kappa shape index (κ1) is 13.8. The minimum Gasteiger partial charge on any atom is -0.465 e. The Morgan fingerprint density at radius 3 is 2.80 bits per heavy atom. The van der Waals surface area contributed by atoms with Gasteiger partial charge in [0.05, 0.1) is 29.7 Å². The fraction of sp³-hybridized carbons (Fsp3) is 0.143. The molecule has 0 saturated carbocycles. The summed E-state index contributed by atoms with van der Waals surface area (Å²) in [5.41, 5.74) is 7.24. The molecular weight excluding hydrogens is 261 g/mol. The van der Waals surface area contributed by atoms with E-state index in [-0.39, 0.29) is 16.9 Å². The zero-order chi connectivity index (χ0) is 14.7. The number of rotatable bonds is 3. The van der Waals surface area contributed by atoms with Crippen LogP contribution in [0.25, 0.3) is 0 Å². The van der Waals surface area contributed by atoms with Gasteiger partial charge in [-0.3, -0.25) is 4.98 Å². The molecule has 0 spiro atoms. The highest BCUT2D eigenvalue weighted by Gasteiger charge is 2.15. The maximum absolute atomic E-state index is 13.9. The number of aryl methyl sites for hydroxylation is 1. The van der Waals surface area contributed by atoms with Crippen LogP contribution in [0.3, 0.4) is 0 Å². The number of benzene rings is 1. The molecule has 0 aliphatic carbocycles. The van der Waals surface area contributed by atoms with Gasteiger partial charge in [0.2, 0.25) is 0 Å². The average Bonchev–Trinajstić information content (AvgIpc) is 2.43. The lowest BCUT2D eigenvalue weighted by Crippen LogP contribution is -2.08. The van der Waals surface area contributed by atoms with Crippen LogP contribution in [0.2, 0.25) is 0 Å². The molecule has 0 atom stereocenters. The average molecular weight is 275 g/mol. The maximum Gasteiger partial charge on any atom is 0.340 e. The molecule has 0 unspecified atom stereocenters. The Labute approximate surface area is 115 Å². The highest BCUT2D eigenvalue weighted by Crippen LogP contribution is 2.26. The van der Waals surface area contributed by atoms with Gasteiger partial charge in [-0.15, -0.1) is 0 Å². The molecule has 0 amide bonds. The van der Waals surface area contributed by atoms with Crippen LogP contribution in [-0.4, -0.2) is 18.1 Å². The molecule has 0 saturated heterocycles. The molecule has 6 heteroatoms. The minimum atomic E-state index is -0.617. The van der Waals surface area contributed by atoms with E-state index in [1.807, 2.05) is 0 Å². The minimum absolute atomic E-state index is 0.0304. The van der Waals surface area contributed by atoms with Gasteiger partial charge in [-0.05, 0) is 31.2 Å². The van der Waals surface area contributed by atoms with Crippen molar-refractivity contribution in [1.82, 2.24) is 4.98 Å². The smallest absolute Gasteiger partial charge is 0.340 e. The van der Waals surface area contributed by atoms with Crippen LogP contribution in [0.5, 0.6) is 0 Å². The molecule has 20 heavy (non-hydrogen) atoms. The molecule has 0 bridgehead atoms. The largest absolute Gasteiger partial charge is 0.465 e. The molecule has 2 rings (SSSR count). The predicted octanol–water partition coefficient (Wildman–Crippen LogP) is 2.64. The number of hydrogen-bond acceptors (Lipinski definition) is 5. The van der Waals surface area contributed by atoms with Crippen LogP contribution >= 0.6 is 0 Å². The highest BCUT2D eigenvalue weighted by atomic mass is 19.1. The van der Waals surface area contributed by atoms with Crippen LogP contribution < -0.4 is 11.1 Å². The Hall–Kier alpha value is -2.63. The Bertz CT molecular complexity index is 659. The highest BCUT2D eigenvalue weighted by molar-refractivity contribution is 5.96. The monoisotopic (exact) mass is 275 g/mol. The van der Waals surface area contributed by atoms with Gasteiger partial charge < -0.3 is 15.8 Å². The lowest BCUT2D eigenvalue weighted by atomic mass is 10.1. The summed E-state index contributed by atoms with van der Waals surface area (Å²) >= 11 is 0. The van der Waals surface area contributed by atoms with Gasteiger partial charge in [0.15, 0.2) is 0 Å². The zero-order valence-corrected chi connectivity index (χ0v) is 11.1. The lowest BCUT2D eigenvalue weighted by molar-refractivity contribution is 0.0602. The molecule has 3 N–H and O–H groups in total. The topological polar surface area (TPSA) is 77.2 Å². The molecule has 5 nitrogen and oxygen atoms in total. The molecule has 1 aromatic heterocycles. The van der Waals surface area contributed by atoms with E-state index >= 15 is 0 Å². The standard InChI is InChI=1S/C14H14FN3O2/c1-8-12(4-3-5-17-8)18-13-6-9(14(19)20-2)11(16)7-10(13)15/h3-7,18H,16H2,1-2H3. The summed E-state index contributed by atoms with van der Waals surface area (Å²) in [6.45, 7) is 1.79. The number of pyridine rings is 1. The second-order valence-electron chi connectivity index (χ2n) is 4.17. The van der Waals surface area contributed by atoms with Crippen molar-refractivity contribution in [3.63, 3.8) is 0 Å². The summed E-state index contributed by atoms with van der Waals surface area (Å²) in [7, 11) is 1.24. The number of esters is 1. The van der Waals surface area contributed by atoms with Crippen molar-refractivity contribution in [3.8, 4) is 0 Å². The number of nitrogens with one attached hydrogen (secondary N) is 1. The number of carbonyl (C=O) groups is 1. The summed E-state index contributed by atoms with van der Waals surface area (Å²) in [5, 5.41) is 2.89. The van der Waals surface area contributed by atoms with E-state index in [0.29, 0.717) is 11.4 Å². The van der Waals surface area contributed by atoms with E-state index in [2.05, 4.69) is 15.0 Å². The van der Waals surface area contributed by atoms with Gasteiger partial charge in [-0.1, -0.05) is 0 Å². The first-order valence-corrected chi connectivity index (χ1v) is 5.89. The fourth-order valence-electron chi connectivity index (χ4n) is 1.73. The first-order chi connectivity index (χ1) is 9.52. The molecule has 2 aromatic rings. The van der Waals surface area contributed by atoms with Crippen molar-refractivity contribution >= 4 is 23.0 Å². The Kier molecular flexibility index (Phi) is 3.84. The Balaban J connectivity index is 2.42. The summed E-state index contributed by atoms with van der Waals surface area (Å²) in [6.07, 6.45) is 1.64. The Morgan fingerprint density at radius 2 is 2.15 bits per heavy atom. The third-order valence-corrected chi connectivity index (χ3v) is 2.82. The zero-order valence-electron chi connectivity index (χ0n) is 11.1. The van der Waals surface area contributed by atoms with Crippen molar-refractivity contribution in [3.05, 3.63) is 47.5 Å². The quantitative estimate of drug-likeness (QED) is 0.665. The van der Waals surface area contributed by atoms with Crippen LogP contribution in [0.15, 0.2) is 30.5 Å². The number of hydrogen-bond donors (Lipinski definition) is 2. The van der Waals surface area contributed by atoms with E-state index in [4.69, 9.17) is 5.73 Å². The predicted molar refractivity (Wildman–Crippen MR) is 74.4 cm³/mol. The van der Waals surface area contributed by atoms with Gasteiger partial charge in [0.1, 0.15) is 5.82 Å². The number of halogens is 1. The van der Waals surface area contributed by atoms with Crippen LogP contribution in [-0.2, 0) is 4.74 Å². The van der Waals surface area contributed by atoms with E-state index in [0.717, 1.165) is 6.07 Å². The van der Waals surface area contributed by atoms with Crippen molar-refractivity contribution in [2.45, 2.75) is 6.92 Å². The van der Waals surface area contributed by atoms with Gasteiger partial charge in [-0.2, -0.15) is 0 Å². The fourth-order valence-corrected chi connectivity index (χ4v) is 1.73. The summed E-state index contributed by atoms with van der Waals surface area (Å²) in [4.78, 5) is 15.6. The second-order valence-corrected chi connectivity index (χ2v) is 4.17. The number of methoxy groups -OCH3 is 1.